The third kappa shape index (κ3) is 1.93. The van der Waals surface area contributed by atoms with Gasteiger partial charge in [-0.15, -0.1) is 0 Å². The van der Waals surface area contributed by atoms with Crippen LogP contribution >= 0.6 is 0 Å². The number of rotatable bonds is 2. The molecule has 4 heteroatoms. The molecule has 0 aromatic heterocycles. The molecular weight excluding hydrogens is 144 g/mol. The molecule has 0 aromatic rings. The molecule has 1 saturated heterocycles. The fourth-order valence-electron chi connectivity index (χ4n) is 1.38. The van der Waals surface area contributed by atoms with Gasteiger partial charge in [-0.25, -0.2) is 0 Å². The zero-order valence-electron chi connectivity index (χ0n) is 6.62. The van der Waals surface area contributed by atoms with E-state index >= 15 is 0 Å². The van der Waals surface area contributed by atoms with Crippen molar-refractivity contribution in [2.24, 2.45) is 0 Å². The van der Waals surface area contributed by atoms with E-state index in [0.717, 1.165) is 37.8 Å². The highest BCUT2D eigenvalue weighted by Gasteiger charge is 2.17. The molecule has 1 aliphatic heterocycles. The van der Waals surface area contributed by atoms with Crippen molar-refractivity contribution in [2.75, 3.05) is 13.1 Å². The Morgan fingerprint density at radius 2 is 2.55 bits per heavy atom. The summed E-state index contributed by atoms with van der Waals surface area (Å²) < 4.78 is 0. The van der Waals surface area contributed by atoms with Crippen LogP contribution < -0.4 is 0 Å². The van der Waals surface area contributed by atoms with Crippen LogP contribution in [0.4, 0.5) is 0 Å². The molecule has 0 atom stereocenters. The Morgan fingerprint density at radius 3 is 3.09 bits per heavy atom. The predicted molar refractivity (Wildman–Crippen MR) is 41.6 cm³/mol. The molecule has 0 unspecified atom stereocenters. The quantitative estimate of drug-likeness (QED) is 0.446. The molecule has 1 heterocycles. The largest absolute Gasteiger partial charge is 0.370 e. The molecule has 62 valence electrons. The van der Waals surface area contributed by atoms with Crippen molar-refractivity contribution in [3.8, 4) is 0 Å². The average Bonchev–Trinajstić information content (AvgIpc) is 2.34. The SMILES string of the molecule is CCN1CCC/C1=C/[N+](=O)[O-]. The highest BCUT2D eigenvalue weighted by atomic mass is 16.6. The van der Waals surface area contributed by atoms with Crippen LogP contribution in [0, 0.1) is 10.1 Å². The maximum Gasteiger partial charge on any atom is 0.253 e. The molecule has 0 radical (unpaired) electrons. The third-order valence-electron chi connectivity index (χ3n) is 1.90. The second-order valence-electron chi connectivity index (χ2n) is 2.59. The van der Waals surface area contributed by atoms with E-state index in [1.165, 1.54) is 0 Å². The van der Waals surface area contributed by atoms with Crippen molar-refractivity contribution >= 4 is 0 Å². The monoisotopic (exact) mass is 156 g/mol. The van der Waals surface area contributed by atoms with E-state index in [4.69, 9.17) is 0 Å². The molecule has 1 rings (SSSR count). The molecular formula is C7H12N2O2. The second-order valence-corrected chi connectivity index (χ2v) is 2.59. The van der Waals surface area contributed by atoms with Crippen molar-refractivity contribution in [3.63, 3.8) is 0 Å². The van der Waals surface area contributed by atoms with Crippen molar-refractivity contribution < 1.29 is 4.92 Å². The molecule has 11 heavy (non-hydrogen) atoms. The Kier molecular flexibility index (Phi) is 2.46. The zero-order valence-corrected chi connectivity index (χ0v) is 6.62. The maximum atomic E-state index is 10.1. The lowest BCUT2D eigenvalue weighted by Crippen LogP contribution is -2.17. The van der Waals surface area contributed by atoms with Gasteiger partial charge in [-0.05, 0) is 19.8 Å². The van der Waals surface area contributed by atoms with Crippen molar-refractivity contribution in [1.29, 1.82) is 0 Å². The first-order chi connectivity index (χ1) is 5.24. The summed E-state index contributed by atoms with van der Waals surface area (Å²) in [6.45, 7) is 3.86. The van der Waals surface area contributed by atoms with Crippen LogP contribution in [0.3, 0.4) is 0 Å². The maximum absolute atomic E-state index is 10.1. The van der Waals surface area contributed by atoms with Crippen LogP contribution in [-0.4, -0.2) is 22.9 Å². The fraction of sp³-hybridized carbons (Fsp3) is 0.714. The normalized spacial score (nSPS) is 21.2. The van der Waals surface area contributed by atoms with Gasteiger partial charge in [0, 0.05) is 13.1 Å². The Bertz CT molecular complexity index is 189. The number of nitro groups is 1. The van der Waals surface area contributed by atoms with Crippen LogP contribution in [0.15, 0.2) is 11.9 Å². The zero-order chi connectivity index (χ0) is 8.27. The van der Waals surface area contributed by atoms with E-state index in [1.807, 2.05) is 11.8 Å². The minimum Gasteiger partial charge on any atom is -0.370 e. The summed E-state index contributed by atoms with van der Waals surface area (Å²) in [6.07, 6.45) is 3.03. The van der Waals surface area contributed by atoms with Gasteiger partial charge < -0.3 is 4.90 Å². The van der Waals surface area contributed by atoms with Crippen molar-refractivity contribution in [3.05, 3.63) is 22.0 Å². The summed E-state index contributed by atoms with van der Waals surface area (Å²) in [5.41, 5.74) is 0.873. The van der Waals surface area contributed by atoms with E-state index in [1.54, 1.807) is 0 Å². The summed E-state index contributed by atoms with van der Waals surface area (Å²) in [4.78, 5) is 11.8. The molecule has 0 spiro atoms. The van der Waals surface area contributed by atoms with Gasteiger partial charge >= 0.3 is 0 Å². The molecule has 1 aliphatic rings. The lowest BCUT2D eigenvalue weighted by atomic mass is 10.3. The summed E-state index contributed by atoms with van der Waals surface area (Å²) in [5, 5.41) is 10.1. The van der Waals surface area contributed by atoms with Gasteiger partial charge in [0.25, 0.3) is 6.20 Å². The number of allylic oxidation sites excluding steroid dienone is 1. The smallest absolute Gasteiger partial charge is 0.253 e. The first-order valence-corrected chi connectivity index (χ1v) is 3.83. The predicted octanol–water partition coefficient (Wildman–Crippen LogP) is 1.22. The van der Waals surface area contributed by atoms with E-state index in [9.17, 15) is 10.1 Å². The van der Waals surface area contributed by atoms with Gasteiger partial charge in [-0.3, -0.25) is 10.1 Å². The molecule has 0 bridgehead atoms. The van der Waals surface area contributed by atoms with Crippen LogP contribution in [0.25, 0.3) is 0 Å². The average molecular weight is 156 g/mol. The van der Waals surface area contributed by atoms with Crippen LogP contribution in [0.1, 0.15) is 19.8 Å². The molecule has 0 saturated carbocycles. The van der Waals surface area contributed by atoms with Crippen LogP contribution in [-0.2, 0) is 0 Å². The van der Waals surface area contributed by atoms with Crippen LogP contribution in [0.5, 0.6) is 0 Å². The van der Waals surface area contributed by atoms with E-state index in [0.29, 0.717) is 0 Å². The first-order valence-electron chi connectivity index (χ1n) is 3.83. The molecule has 0 N–H and O–H groups in total. The molecule has 0 amide bonds. The number of nitrogens with zero attached hydrogens (tertiary/aromatic N) is 2. The minimum absolute atomic E-state index is 0.372. The first kappa shape index (κ1) is 8.04. The van der Waals surface area contributed by atoms with Gasteiger partial charge in [-0.1, -0.05) is 0 Å². The van der Waals surface area contributed by atoms with E-state index in [-0.39, 0.29) is 4.92 Å². The summed E-state index contributed by atoms with van der Waals surface area (Å²) in [7, 11) is 0. The van der Waals surface area contributed by atoms with Gasteiger partial charge in [-0.2, -0.15) is 0 Å². The van der Waals surface area contributed by atoms with E-state index < -0.39 is 0 Å². The van der Waals surface area contributed by atoms with Gasteiger partial charge in [0.05, 0.1) is 10.6 Å². The minimum atomic E-state index is -0.372. The summed E-state index contributed by atoms with van der Waals surface area (Å²) in [6, 6.07) is 0. The standard InChI is InChI=1S/C7H12N2O2/c1-2-8-5-3-4-7(8)6-9(10)11/h6H,2-5H2,1H3/b7-6-. The molecule has 0 aliphatic carbocycles. The van der Waals surface area contributed by atoms with Gasteiger partial charge in [0.2, 0.25) is 0 Å². The summed E-state index contributed by atoms with van der Waals surface area (Å²) in [5.74, 6) is 0. The van der Waals surface area contributed by atoms with Crippen LogP contribution in [0.2, 0.25) is 0 Å². The van der Waals surface area contributed by atoms with E-state index in [2.05, 4.69) is 0 Å². The van der Waals surface area contributed by atoms with Crippen molar-refractivity contribution in [1.82, 2.24) is 4.90 Å². The Labute approximate surface area is 65.6 Å². The third-order valence-corrected chi connectivity index (χ3v) is 1.90. The lowest BCUT2D eigenvalue weighted by molar-refractivity contribution is -0.404. The molecule has 1 fully saturated rings. The highest BCUT2D eigenvalue weighted by molar-refractivity contribution is 5.01. The lowest BCUT2D eigenvalue weighted by Gasteiger charge is -2.14. The van der Waals surface area contributed by atoms with Crippen molar-refractivity contribution in [2.45, 2.75) is 19.8 Å². The topological polar surface area (TPSA) is 46.4 Å². The molecule has 4 nitrogen and oxygen atoms in total. The second kappa shape index (κ2) is 3.37. The highest BCUT2D eigenvalue weighted by Crippen LogP contribution is 2.19. The Morgan fingerprint density at radius 1 is 1.82 bits per heavy atom. The number of likely N-dealkylation sites (tertiary alicyclic amines) is 1. The Hall–Kier alpha value is -1.06. The molecule has 0 aromatic carbocycles. The summed E-state index contributed by atoms with van der Waals surface area (Å²) >= 11 is 0. The Balaban J connectivity index is 2.63. The van der Waals surface area contributed by atoms with Gasteiger partial charge in [0.15, 0.2) is 0 Å². The number of hydrogen-bond acceptors (Lipinski definition) is 3. The number of hydrogen-bond donors (Lipinski definition) is 0. The fourth-order valence-corrected chi connectivity index (χ4v) is 1.38. The van der Waals surface area contributed by atoms with Gasteiger partial charge in [0.1, 0.15) is 0 Å².